The van der Waals surface area contributed by atoms with Crippen LogP contribution in [0.1, 0.15) is 10.4 Å². The highest BCUT2D eigenvalue weighted by atomic mass is 35.5. The van der Waals surface area contributed by atoms with E-state index >= 15 is 0 Å². The van der Waals surface area contributed by atoms with Gasteiger partial charge in [0, 0.05) is 26.2 Å². The second kappa shape index (κ2) is 5.43. The quantitative estimate of drug-likeness (QED) is 0.742. The van der Waals surface area contributed by atoms with E-state index < -0.39 is 5.82 Å². The van der Waals surface area contributed by atoms with E-state index in [1.807, 2.05) is 7.05 Å². The zero-order chi connectivity index (χ0) is 13.3. The van der Waals surface area contributed by atoms with Gasteiger partial charge in [0.15, 0.2) is 5.82 Å². The molecule has 18 heavy (non-hydrogen) atoms. The predicted molar refractivity (Wildman–Crippen MR) is 69.8 cm³/mol. The summed E-state index contributed by atoms with van der Waals surface area (Å²) in [6.07, 6.45) is 0. The molecular weight excluding hydrogens is 278 g/mol. The Morgan fingerprint density at radius 2 is 1.83 bits per heavy atom. The van der Waals surface area contributed by atoms with Crippen LogP contribution in [0.3, 0.4) is 0 Å². The molecule has 0 aliphatic carbocycles. The van der Waals surface area contributed by atoms with E-state index in [0.717, 1.165) is 13.1 Å². The molecule has 1 fully saturated rings. The third-order valence-electron chi connectivity index (χ3n) is 3.06. The highest BCUT2D eigenvalue weighted by molar-refractivity contribution is 6.42. The second-order valence-electron chi connectivity index (χ2n) is 4.32. The number of benzene rings is 1. The maximum Gasteiger partial charge on any atom is 0.256 e. The minimum absolute atomic E-state index is 0.0195. The number of rotatable bonds is 1. The first kappa shape index (κ1) is 13.6. The van der Waals surface area contributed by atoms with Gasteiger partial charge in [0.05, 0.1) is 15.6 Å². The van der Waals surface area contributed by atoms with Crippen LogP contribution in [-0.4, -0.2) is 48.9 Å². The van der Waals surface area contributed by atoms with Crippen LogP contribution in [-0.2, 0) is 0 Å². The van der Waals surface area contributed by atoms with Gasteiger partial charge in [-0.25, -0.2) is 4.39 Å². The third kappa shape index (κ3) is 2.60. The van der Waals surface area contributed by atoms with Crippen LogP contribution in [0.15, 0.2) is 12.1 Å². The Morgan fingerprint density at radius 1 is 1.22 bits per heavy atom. The lowest BCUT2D eigenvalue weighted by atomic mass is 10.1. The first-order chi connectivity index (χ1) is 8.50. The topological polar surface area (TPSA) is 23.6 Å². The van der Waals surface area contributed by atoms with Crippen molar-refractivity contribution in [2.24, 2.45) is 0 Å². The Balaban J connectivity index is 2.21. The van der Waals surface area contributed by atoms with Crippen LogP contribution >= 0.6 is 23.2 Å². The molecule has 0 radical (unpaired) electrons. The van der Waals surface area contributed by atoms with Crippen molar-refractivity contribution in [1.29, 1.82) is 0 Å². The number of carbonyl (C=O) groups excluding carboxylic acids is 1. The standard InChI is InChI=1S/C12H13Cl2FN2O/c1-16-4-6-17(7-5-16)12(18)8-2-3-9(13)10(14)11(8)15/h2-3H,4-7H2,1H3. The van der Waals surface area contributed by atoms with Gasteiger partial charge in [-0.05, 0) is 19.2 Å². The number of carbonyl (C=O) groups is 1. The Kier molecular flexibility index (Phi) is 4.10. The van der Waals surface area contributed by atoms with Crippen molar-refractivity contribution in [2.45, 2.75) is 0 Å². The summed E-state index contributed by atoms with van der Waals surface area (Å²) in [5.74, 6) is -1.08. The molecule has 0 N–H and O–H groups in total. The Morgan fingerprint density at radius 3 is 2.44 bits per heavy atom. The highest BCUT2D eigenvalue weighted by Crippen LogP contribution is 2.27. The van der Waals surface area contributed by atoms with Gasteiger partial charge in [-0.1, -0.05) is 23.2 Å². The summed E-state index contributed by atoms with van der Waals surface area (Å²) in [5, 5.41) is -0.0826. The molecule has 1 amide bonds. The summed E-state index contributed by atoms with van der Waals surface area (Å²) in [6.45, 7) is 2.76. The van der Waals surface area contributed by atoms with Crippen LogP contribution < -0.4 is 0 Å². The van der Waals surface area contributed by atoms with E-state index in [2.05, 4.69) is 4.90 Å². The maximum atomic E-state index is 13.9. The van der Waals surface area contributed by atoms with Crippen LogP contribution in [0.5, 0.6) is 0 Å². The lowest BCUT2D eigenvalue weighted by molar-refractivity contribution is 0.0659. The molecule has 0 bridgehead atoms. The van der Waals surface area contributed by atoms with Gasteiger partial charge in [-0.3, -0.25) is 4.79 Å². The van der Waals surface area contributed by atoms with Crippen LogP contribution in [0.25, 0.3) is 0 Å². The molecule has 1 aromatic carbocycles. The van der Waals surface area contributed by atoms with Gasteiger partial charge < -0.3 is 9.80 Å². The summed E-state index contributed by atoms with van der Waals surface area (Å²) >= 11 is 11.4. The summed E-state index contributed by atoms with van der Waals surface area (Å²) in [7, 11) is 1.99. The summed E-state index contributed by atoms with van der Waals surface area (Å²) in [4.78, 5) is 15.9. The van der Waals surface area contributed by atoms with E-state index in [-0.39, 0.29) is 21.5 Å². The van der Waals surface area contributed by atoms with E-state index in [1.165, 1.54) is 12.1 Å². The lowest BCUT2D eigenvalue weighted by Gasteiger charge is -2.32. The molecule has 2 rings (SSSR count). The van der Waals surface area contributed by atoms with E-state index in [0.29, 0.717) is 13.1 Å². The zero-order valence-electron chi connectivity index (χ0n) is 9.92. The SMILES string of the molecule is CN1CCN(C(=O)c2ccc(Cl)c(Cl)c2F)CC1. The Hall–Kier alpha value is -0.840. The number of piperazine rings is 1. The fraction of sp³-hybridized carbons (Fsp3) is 0.417. The molecular formula is C12H13Cl2FN2O. The number of halogens is 3. The predicted octanol–water partition coefficient (Wildman–Crippen LogP) is 2.52. The molecule has 1 aliphatic heterocycles. The van der Waals surface area contributed by atoms with E-state index in [4.69, 9.17) is 23.2 Å². The average molecular weight is 291 g/mol. The molecule has 98 valence electrons. The number of nitrogens with zero attached hydrogens (tertiary/aromatic N) is 2. The minimum atomic E-state index is -0.743. The molecule has 0 unspecified atom stereocenters. The summed E-state index contributed by atoms with van der Waals surface area (Å²) < 4.78 is 13.9. The van der Waals surface area contributed by atoms with Crippen molar-refractivity contribution in [3.8, 4) is 0 Å². The number of hydrogen-bond donors (Lipinski definition) is 0. The molecule has 0 atom stereocenters. The van der Waals surface area contributed by atoms with E-state index in [1.54, 1.807) is 4.90 Å². The van der Waals surface area contributed by atoms with Crippen molar-refractivity contribution in [3.63, 3.8) is 0 Å². The van der Waals surface area contributed by atoms with Crippen molar-refractivity contribution in [1.82, 2.24) is 9.80 Å². The fourth-order valence-corrected chi connectivity index (χ4v) is 2.18. The normalized spacial score (nSPS) is 17.0. The minimum Gasteiger partial charge on any atom is -0.336 e. The van der Waals surface area contributed by atoms with Crippen molar-refractivity contribution < 1.29 is 9.18 Å². The van der Waals surface area contributed by atoms with Crippen LogP contribution in [0.2, 0.25) is 10.0 Å². The molecule has 1 saturated heterocycles. The first-order valence-corrected chi connectivity index (χ1v) is 6.37. The molecule has 1 heterocycles. The zero-order valence-corrected chi connectivity index (χ0v) is 11.4. The Labute approximate surface area is 115 Å². The number of hydrogen-bond acceptors (Lipinski definition) is 2. The second-order valence-corrected chi connectivity index (χ2v) is 5.10. The van der Waals surface area contributed by atoms with Gasteiger partial charge in [0.2, 0.25) is 0 Å². The third-order valence-corrected chi connectivity index (χ3v) is 3.84. The fourth-order valence-electron chi connectivity index (χ4n) is 1.87. The van der Waals surface area contributed by atoms with Crippen LogP contribution in [0, 0.1) is 5.82 Å². The molecule has 6 heteroatoms. The Bertz CT molecular complexity index is 473. The molecule has 0 saturated carbocycles. The van der Waals surface area contributed by atoms with E-state index in [9.17, 15) is 9.18 Å². The highest BCUT2D eigenvalue weighted by Gasteiger charge is 2.24. The lowest BCUT2D eigenvalue weighted by Crippen LogP contribution is -2.47. The van der Waals surface area contributed by atoms with Gasteiger partial charge >= 0.3 is 0 Å². The first-order valence-electron chi connectivity index (χ1n) is 5.62. The van der Waals surface area contributed by atoms with Crippen molar-refractivity contribution >= 4 is 29.1 Å². The molecule has 3 nitrogen and oxygen atoms in total. The largest absolute Gasteiger partial charge is 0.336 e. The molecule has 1 aliphatic rings. The van der Waals surface area contributed by atoms with Gasteiger partial charge in [0.1, 0.15) is 0 Å². The van der Waals surface area contributed by atoms with Gasteiger partial charge in [-0.15, -0.1) is 0 Å². The van der Waals surface area contributed by atoms with Gasteiger partial charge in [-0.2, -0.15) is 0 Å². The molecule has 1 aromatic rings. The number of amides is 1. The number of likely N-dealkylation sites (N-methyl/N-ethyl adjacent to an activating group) is 1. The maximum absolute atomic E-state index is 13.9. The summed E-state index contributed by atoms with van der Waals surface area (Å²) in [5.41, 5.74) is -0.0195. The summed E-state index contributed by atoms with van der Waals surface area (Å²) in [6, 6.07) is 2.82. The molecule has 0 aromatic heterocycles. The van der Waals surface area contributed by atoms with Crippen LogP contribution in [0.4, 0.5) is 4.39 Å². The average Bonchev–Trinajstić information content (AvgIpc) is 2.36. The molecule has 0 spiro atoms. The van der Waals surface area contributed by atoms with Crippen molar-refractivity contribution in [2.75, 3.05) is 33.2 Å². The van der Waals surface area contributed by atoms with Gasteiger partial charge in [0.25, 0.3) is 5.91 Å². The monoisotopic (exact) mass is 290 g/mol. The smallest absolute Gasteiger partial charge is 0.256 e. The van der Waals surface area contributed by atoms with Crippen molar-refractivity contribution in [3.05, 3.63) is 33.6 Å².